The molecule has 0 spiro atoms. The zero-order valence-corrected chi connectivity index (χ0v) is 14.0. The van der Waals surface area contributed by atoms with Crippen molar-refractivity contribution in [3.05, 3.63) is 70.9 Å². The van der Waals surface area contributed by atoms with Crippen molar-refractivity contribution in [2.45, 2.75) is 6.92 Å². The lowest BCUT2D eigenvalue weighted by Crippen LogP contribution is -2.29. The van der Waals surface area contributed by atoms with Gasteiger partial charge in [0.05, 0.1) is 18.8 Å². The summed E-state index contributed by atoms with van der Waals surface area (Å²) in [7, 11) is 1.41. The van der Waals surface area contributed by atoms with E-state index in [1.54, 1.807) is 36.8 Å². The number of halogens is 1. The Morgan fingerprint density at radius 1 is 1.15 bits per heavy atom. The van der Waals surface area contributed by atoms with Gasteiger partial charge in [0, 0.05) is 23.7 Å². The number of benzene rings is 1. The first-order valence-electron chi connectivity index (χ1n) is 7.82. The molecule has 0 aliphatic carbocycles. The molecule has 0 N–H and O–H groups in total. The first-order valence-corrected chi connectivity index (χ1v) is 7.82. The molecule has 0 aliphatic rings. The Bertz CT molecular complexity index is 1170. The van der Waals surface area contributed by atoms with E-state index in [9.17, 15) is 9.18 Å². The van der Waals surface area contributed by atoms with Crippen molar-refractivity contribution in [1.29, 1.82) is 0 Å². The molecular formula is C18H14FN5O2. The molecule has 8 heteroatoms. The van der Waals surface area contributed by atoms with Gasteiger partial charge in [0.25, 0.3) is 5.95 Å². The van der Waals surface area contributed by atoms with Gasteiger partial charge in [-0.05, 0) is 36.8 Å². The summed E-state index contributed by atoms with van der Waals surface area (Å²) >= 11 is 0. The number of hydrogen-bond acceptors (Lipinski definition) is 5. The first kappa shape index (κ1) is 15.9. The number of fused-ring (bicyclic) bond motifs is 1. The van der Waals surface area contributed by atoms with Crippen LogP contribution >= 0.6 is 0 Å². The maximum absolute atomic E-state index is 13.7. The van der Waals surface area contributed by atoms with E-state index in [-0.39, 0.29) is 17.4 Å². The molecule has 26 heavy (non-hydrogen) atoms. The second kappa shape index (κ2) is 6.07. The fraction of sp³-hybridized carbons (Fsp3) is 0.111. The summed E-state index contributed by atoms with van der Waals surface area (Å²) in [5.41, 5.74) is 2.47. The number of aromatic nitrogens is 5. The Kier molecular flexibility index (Phi) is 3.72. The van der Waals surface area contributed by atoms with Crippen LogP contribution in [0.2, 0.25) is 0 Å². The summed E-state index contributed by atoms with van der Waals surface area (Å²) in [5.74, 6) is -0.106. The van der Waals surface area contributed by atoms with Gasteiger partial charge in [0.2, 0.25) is 0 Å². The number of ether oxygens (including phenoxy) is 1. The van der Waals surface area contributed by atoms with E-state index in [1.807, 2.05) is 13.0 Å². The molecule has 3 aromatic heterocycles. The van der Waals surface area contributed by atoms with Gasteiger partial charge in [-0.2, -0.15) is 5.10 Å². The molecule has 3 heterocycles. The van der Waals surface area contributed by atoms with Gasteiger partial charge in [-0.1, -0.05) is 6.07 Å². The van der Waals surface area contributed by atoms with Crippen LogP contribution < -0.4 is 10.4 Å². The number of nitrogens with zero attached hydrogens (tertiary/aromatic N) is 5. The largest absolute Gasteiger partial charge is 0.494 e. The summed E-state index contributed by atoms with van der Waals surface area (Å²) in [6.07, 6.45) is 4.65. The van der Waals surface area contributed by atoms with Crippen molar-refractivity contribution in [3.63, 3.8) is 0 Å². The monoisotopic (exact) mass is 351 g/mol. The van der Waals surface area contributed by atoms with E-state index in [4.69, 9.17) is 4.74 Å². The lowest BCUT2D eigenvalue weighted by atomic mass is 10.1. The molecule has 7 nitrogen and oxygen atoms in total. The Hall–Kier alpha value is -3.55. The highest BCUT2D eigenvalue weighted by Gasteiger charge is 2.15. The summed E-state index contributed by atoms with van der Waals surface area (Å²) in [6.45, 7) is 1.82. The van der Waals surface area contributed by atoms with Crippen molar-refractivity contribution < 1.29 is 9.13 Å². The molecule has 0 radical (unpaired) electrons. The van der Waals surface area contributed by atoms with E-state index in [1.165, 1.54) is 17.6 Å². The summed E-state index contributed by atoms with van der Waals surface area (Å²) in [6, 6.07) is 8.07. The van der Waals surface area contributed by atoms with Crippen LogP contribution in [0, 0.1) is 12.7 Å². The minimum absolute atomic E-state index is 0.144. The Balaban J connectivity index is 1.93. The Morgan fingerprint density at radius 2 is 1.92 bits per heavy atom. The predicted octanol–water partition coefficient (Wildman–Crippen LogP) is 2.40. The van der Waals surface area contributed by atoms with E-state index >= 15 is 0 Å². The van der Waals surface area contributed by atoms with Crippen LogP contribution in [0.1, 0.15) is 5.69 Å². The highest BCUT2D eigenvalue weighted by molar-refractivity contribution is 5.74. The van der Waals surface area contributed by atoms with E-state index < -0.39 is 5.82 Å². The van der Waals surface area contributed by atoms with Gasteiger partial charge in [-0.3, -0.25) is 4.40 Å². The summed E-state index contributed by atoms with van der Waals surface area (Å²) in [5, 5.41) is 4.15. The fourth-order valence-electron chi connectivity index (χ4n) is 2.90. The quantitative estimate of drug-likeness (QED) is 0.567. The van der Waals surface area contributed by atoms with Gasteiger partial charge in [0.15, 0.2) is 11.6 Å². The summed E-state index contributed by atoms with van der Waals surface area (Å²) < 4.78 is 21.4. The predicted molar refractivity (Wildman–Crippen MR) is 93.1 cm³/mol. The summed E-state index contributed by atoms with van der Waals surface area (Å²) in [4.78, 5) is 21.0. The molecule has 4 rings (SSSR count). The standard InChI is InChI=1S/C18H14FN5O2/c1-11-14(12-4-5-15(19)16(8-12)26-2)9-13-10-22-24(18(25)23(11)13)17-20-6-3-7-21-17/h3-10H,1-2H3. The number of rotatable bonds is 3. The highest BCUT2D eigenvalue weighted by atomic mass is 19.1. The molecule has 0 saturated carbocycles. The third-order valence-corrected chi connectivity index (χ3v) is 4.16. The Labute approximate surface area is 147 Å². The van der Waals surface area contributed by atoms with Crippen molar-refractivity contribution in [3.8, 4) is 22.8 Å². The van der Waals surface area contributed by atoms with Crippen LogP contribution in [0.15, 0.2) is 53.7 Å². The van der Waals surface area contributed by atoms with Crippen LogP contribution in [0.25, 0.3) is 22.6 Å². The van der Waals surface area contributed by atoms with Gasteiger partial charge in [-0.25, -0.2) is 19.2 Å². The van der Waals surface area contributed by atoms with Crippen molar-refractivity contribution in [1.82, 2.24) is 24.1 Å². The van der Waals surface area contributed by atoms with Crippen molar-refractivity contribution in [2.24, 2.45) is 0 Å². The van der Waals surface area contributed by atoms with Crippen LogP contribution in [0.5, 0.6) is 5.75 Å². The van der Waals surface area contributed by atoms with Crippen LogP contribution in [0.4, 0.5) is 4.39 Å². The minimum Gasteiger partial charge on any atom is -0.494 e. The zero-order valence-electron chi connectivity index (χ0n) is 14.0. The number of methoxy groups -OCH3 is 1. The van der Waals surface area contributed by atoms with E-state index in [0.717, 1.165) is 15.8 Å². The van der Waals surface area contributed by atoms with Crippen molar-refractivity contribution in [2.75, 3.05) is 7.11 Å². The van der Waals surface area contributed by atoms with Gasteiger partial charge >= 0.3 is 5.69 Å². The lowest BCUT2D eigenvalue weighted by molar-refractivity contribution is 0.387. The average molecular weight is 351 g/mol. The molecule has 1 aromatic carbocycles. The molecule has 0 bridgehead atoms. The average Bonchev–Trinajstić information content (AvgIpc) is 3.00. The molecule has 0 amide bonds. The highest BCUT2D eigenvalue weighted by Crippen LogP contribution is 2.30. The lowest BCUT2D eigenvalue weighted by Gasteiger charge is -2.06. The third kappa shape index (κ3) is 2.43. The van der Waals surface area contributed by atoms with Crippen molar-refractivity contribution >= 4 is 5.52 Å². The molecule has 0 fully saturated rings. The second-order valence-corrected chi connectivity index (χ2v) is 5.64. The van der Waals surface area contributed by atoms with Crippen LogP contribution in [-0.4, -0.2) is 31.3 Å². The van der Waals surface area contributed by atoms with Gasteiger partial charge in [-0.15, -0.1) is 4.68 Å². The molecule has 0 unspecified atom stereocenters. The smallest absolute Gasteiger partial charge is 0.356 e. The molecule has 4 aromatic rings. The van der Waals surface area contributed by atoms with Gasteiger partial charge < -0.3 is 4.74 Å². The maximum Gasteiger partial charge on any atom is 0.356 e. The van der Waals surface area contributed by atoms with Crippen LogP contribution in [0.3, 0.4) is 0 Å². The topological polar surface area (TPSA) is 74.3 Å². The van der Waals surface area contributed by atoms with Crippen LogP contribution in [-0.2, 0) is 0 Å². The van der Waals surface area contributed by atoms with E-state index in [0.29, 0.717) is 11.2 Å². The Morgan fingerprint density at radius 3 is 2.65 bits per heavy atom. The molecule has 0 saturated heterocycles. The number of aryl methyl sites for hydroxylation is 1. The normalized spacial score (nSPS) is 11.0. The molecule has 0 aliphatic heterocycles. The van der Waals surface area contributed by atoms with Gasteiger partial charge in [0.1, 0.15) is 0 Å². The first-order chi connectivity index (χ1) is 12.6. The zero-order chi connectivity index (χ0) is 18.3. The molecular weight excluding hydrogens is 337 g/mol. The fourth-order valence-corrected chi connectivity index (χ4v) is 2.90. The SMILES string of the molecule is COc1cc(-c2cc3cnn(-c4ncccn4)c(=O)n3c2C)ccc1F. The number of hydrogen-bond donors (Lipinski definition) is 0. The third-order valence-electron chi connectivity index (χ3n) is 4.16. The minimum atomic E-state index is -0.442. The second-order valence-electron chi connectivity index (χ2n) is 5.64. The molecule has 0 atom stereocenters. The molecule has 130 valence electrons. The maximum atomic E-state index is 13.7. The van der Waals surface area contributed by atoms with E-state index in [2.05, 4.69) is 15.1 Å².